The number of benzene rings is 1. The van der Waals surface area contributed by atoms with E-state index in [0.29, 0.717) is 24.9 Å². The molecule has 2 aromatic rings. The molecule has 7 heteroatoms. The number of hydrogen-bond donors (Lipinski definition) is 1. The molecule has 178 valence electrons. The number of nitrogens with zero attached hydrogens (tertiary/aromatic N) is 2. The Balaban J connectivity index is 1.44. The van der Waals surface area contributed by atoms with Crippen LogP contribution in [0.3, 0.4) is 0 Å². The Morgan fingerprint density at radius 1 is 1.12 bits per heavy atom. The average molecular weight is 454 g/mol. The molecule has 1 aromatic heterocycles. The predicted octanol–water partition coefficient (Wildman–Crippen LogP) is 4.62. The lowest BCUT2D eigenvalue weighted by molar-refractivity contribution is -0.133. The molecular weight excluding hydrogens is 418 g/mol. The second-order valence-electron chi connectivity index (χ2n) is 9.50. The lowest BCUT2D eigenvalue weighted by Gasteiger charge is -2.22. The van der Waals surface area contributed by atoms with Crippen molar-refractivity contribution in [1.29, 1.82) is 0 Å². The van der Waals surface area contributed by atoms with Crippen molar-refractivity contribution in [1.82, 2.24) is 9.88 Å². The molecule has 7 nitrogen and oxygen atoms in total. The first-order chi connectivity index (χ1) is 16.3. The van der Waals surface area contributed by atoms with E-state index < -0.39 is 0 Å². The zero-order valence-corrected chi connectivity index (χ0v) is 19.6. The van der Waals surface area contributed by atoms with Gasteiger partial charge in [-0.2, -0.15) is 0 Å². The third kappa shape index (κ3) is 4.74. The van der Waals surface area contributed by atoms with Crippen LogP contribution in [0.1, 0.15) is 68.7 Å². The van der Waals surface area contributed by atoms with Gasteiger partial charge < -0.3 is 24.4 Å². The summed E-state index contributed by atoms with van der Waals surface area (Å²) >= 11 is 0. The monoisotopic (exact) mass is 453 g/mol. The smallest absolute Gasteiger partial charge is 0.293 e. The van der Waals surface area contributed by atoms with Crippen LogP contribution in [0.2, 0.25) is 0 Å². The molecule has 0 spiro atoms. The van der Waals surface area contributed by atoms with Gasteiger partial charge in [-0.15, -0.1) is 0 Å². The molecule has 1 saturated heterocycles. The molecule has 1 unspecified atom stereocenters. The molecule has 2 aliphatic carbocycles. The number of carbonyl (C=O) groups is 1. The van der Waals surface area contributed by atoms with Crippen LogP contribution in [-0.4, -0.2) is 55.7 Å². The van der Waals surface area contributed by atoms with Crippen LogP contribution in [0.5, 0.6) is 11.5 Å². The van der Waals surface area contributed by atoms with Gasteiger partial charge in [-0.3, -0.25) is 9.78 Å². The van der Waals surface area contributed by atoms with Gasteiger partial charge in [0, 0.05) is 29.6 Å². The maximum atomic E-state index is 11.1. The van der Waals surface area contributed by atoms with Crippen molar-refractivity contribution in [2.45, 2.75) is 69.9 Å². The molecule has 1 N–H and O–H groups in total. The first kappa shape index (κ1) is 22.3. The number of likely N-dealkylation sites (tertiary alicyclic amines) is 1. The van der Waals surface area contributed by atoms with E-state index >= 15 is 0 Å². The number of aromatic nitrogens is 1. The van der Waals surface area contributed by atoms with Crippen molar-refractivity contribution in [3.05, 3.63) is 23.4 Å². The van der Waals surface area contributed by atoms with Crippen molar-refractivity contribution in [2.24, 2.45) is 0 Å². The highest BCUT2D eigenvalue weighted by Crippen LogP contribution is 2.45. The zero-order valence-electron chi connectivity index (χ0n) is 19.6. The van der Waals surface area contributed by atoms with Gasteiger partial charge in [-0.25, -0.2) is 0 Å². The molecule has 0 amide bonds. The van der Waals surface area contributed by atoms with Crippen molar-refractivity contribution >= 4 is 23.1 Å². The largest absolute Gasteiger partial charge is 0.493 e. The maximum absolute atomic E-state index is 11.1. The van der Waals surface area contributed by atoms with Crippen LogP contribution in [0.4, 0.5) is 5.69 Å². The number of fused-ring (bicyclic) bond motifs is 2. The van der Waals surface area contributed by atoms with Crippen LogP contribution >= 0.6 is 0 Å². The Morgan fingerprint density at radius 3 is 2.70 bits per heavy atom. The highest BCUT2D eigenvalue weighted by Gasteiger charge is 2.31. The molecule has 2 fully saturated rings. The number of anilines is 1. The Kier molecular flexibility index (Phi) is 6.85. The molecule has 1 aliphatic heterocycles. The van der Waals surface area contributed by atoms with Crippen molar-refractivity contribution < 1.29 is 19.0 Å². The van der Waals surface area contributed by atoms with Gasteiger partial charge in [-0.1, -0.05) is 12.8 Å². The van der Waals surface area contributed by atoms with E-state index in [1.165, 1.54) is 38.8 Å². The van der Waals surface area contributed by atoms with Gasteiger partial charge in [0.25, 0.3) is 6.47 Å². The van der Waals surface area contributed by atoms with Gasteiger partial charge in [0.1, 0.15) is 6.10 Å². The first-order valence-corrected chi connectivity index (χ1v) is 12.5. The molecule has 1 atom stereocenters. The fraction of sp³-hybridized carbons (Fsp3) is 0.615. The molecular formula is C26H35N3O4. The van der Waals surface area contributed by atoms with E-state index in [1.54, 1.807) is 7.11 Å². The number of hydrogen-bond acceptors (Lipinski definition) is 7. The molecule has 33 heavy (non-hydrogen) atoms. The zero-order chi connectivity index (χ0) is 22.6. The molecule has 0 radical (unpaired) electrons. The van der Waals surface area contributed by atoms with E-state index in [2.05, 4.69) is 10.2 Å². The normalized spacial score (nSPS) is 20.8. The second kappa shape index (κ2) is 10.2. The minimum absolute atomic E-state index is 0.245. The molecule has 1 saturated carbocycles. The maximum Gasteiger partial charge on any atom is 0.293 e. The minimum Gasteiger partial charge on any atom is -0.493 e. The lowest BCUT2D eigenvalue weighted by atomic mass is 10.0. The van der Waals surface area contributed by atoms with Gasteiger partial charge in [0.2, 0.25) is 0 Å². The molecule has 0 bridgehead atoms. The molecule has 1 aromatic carbocycles. The summed E-state index contributed by atoms with van der Waals surface area (Å²) in [6.07, 6.45) is 9.76. The highest BCUT2D eigenvalue weighted by molar-refractivity contribution is 5.96. The van der Waals surface area contributed by atoms with Crippen LogP contribution in [0.25, 0.3) is 10.9 Å². The third-order valence-electron chi connectivity index (χ3n) is 7.35. The first-order valence-electron chi connectivity index (χ1n) is 12.5. The number of nitrogens with one attached hydrogen (secondary N) is 1. The number of pyridine rings is 1. The average Bonchev–Trinajstić information content (AvgIpc) is 3.59. The molecule has 5 rings (SSSR count). The number of rotatable bonds is 10. The highest BCUT2D eigenvalue weighted by atomic mass is 16.5. The van der Waals surface area contributed by atoms with E-state index in [9.17, 15) is 4.79 Å². The van der Waals surface area contributed by atoms with E-state index in [-0.39, 0.29) is 6.10 Å². The topological polar surface area (TPSA) is 72.9 Å². The van der Waals surface area contributed by atoms with Crippen LogP contribution in [0.15, 0.2) is 12.1 Å². The number of aryl methyl sites for hydroxylation is 1. The molecule has 3 aliphatic rings. The Labute approximate surface area is 195 Å². The van der Waals surface area contributed by atoms with Gasteiger partial charge >= 0.3 is 0 Å². The van der Waals surface area contributed by atoms with Crippen molar-refractivity contribution in [2.75, 3.05) is 38.7 Å². The molecule has 2 heterocycles. The SMILES string of the molecule is COc1cc2c(NC3CCCC3)c3c(nc2cc1OCCCN1CCCC1)CCC3OC=O. The van der Waals surface area contributed by atoms with Crippen LogP contribution in [-0.2, 0) is 16.0 Å². The number of ether oxygens (including phenoxy) is 3. The summed E-state index contributed by atoms with van der Waals surface area (Å²) in [5, 5.41) is 4.79. The summed E-state index contributed by atoms with van der Waals surface area (Å²) in [6.45, 7) is 4.71. The van der Waals surface area contributed by atoms with E-state index in [0.717, 1.165) is 72.2 Å². The van der Waals surface area contributed by atoms with Crippen LogP contribution in [0, 0.1) is 0 Å². The number of methoxy groups -OCH3 is 1. The van der Waals surface area contributed by atoms with Crippen LogP contribution < -0.4 is 14.8 Å². The Morgan fingerprint density at radius 2 is 1.94 bits per heavy atom. The van der Waals surface area contributed by atoms with Gasteiger partial charge in [0.05, 0.1) is 30.6 Å². The van der Waals surface area contributed by atoms with Crippen molar-refractivity contribution in [3.63, 3.8) is 0 Å². The second-order valence-corrected chi connectivity index (χ2v) is 9.50. The third-order valence-corrected chi connectivity index (χ3v) is 7.35. The number of carbonyl (C=O) groups excluding carboxylic acids is 1. The summed E-state index contributed by atoms with van der Waals surface area (Å²) in [5.74, 6) is 1.45. The van der Waals surface area contributed by atoms with Crippen molar-refractivity contribution in [3.8, 4) is 11.5 Å². The quantitative estimate of drug-likeness (QED) is 0.416. The van der Waals surface area contributed by atoms with E-state index in [1.807, 2.05) is 12.1 Å². The Hall–Kier alpha value is -2.54. The van der Waals surface area contributed by atoms with Gasteiger partial charge in [-0.05, 0) is 64.1 Å². The Bertz CT molecular complexity index is 983. The summed E-state index contributed by atoms with van der Waals surface area (Å²) in [5.41, 5.74) is 3.99. The summed E-state index contributed by atoms with van der Waals surface area (Å²) in [7, 11) is 1.68. The van der Waals surface area contributed by atoms with E-state index in [4.69, 9.17) is 19.2 Å². The fourth-order valence-corrected chi connectivity index (χ4v) is 5.67. The summed E-state index contributed by atoms with van der Waals surface area (Å²) in [4.78, 5) is 18.6. The minimum atomic E-state index is -0.245. The summed E-state index contributed by atoms with van der Waals surface area (Å²) < 4.78 is 17.3. The lowest BCUT2D eigenvalue weighted by Crippen LogP contribution is -2.22. The fourth-order valence-electron chi connectivity index (χ4n) is 5.67. The van der Waals surface area contributed by atoms with Gasteiger partial charge in [0.15, 0.2) is 11.5 Å². The predicted molar refractivity (Wildman–Crippen MR) is 128 cm³/mol. The summed E-state index contributed by atoms with van der Waals surface area (Å²) in [6, 6.07) is 4.48. The standard InChI is InChI=1S/C26H35N3O4/c1-31-23-15-19-21(16-24(23)32-14-6-13-29-11-4-5-12-29)28-20-9-10-22(33-17-30)25(20)26(19)27-18-7-2-3-8-18/h15-18,22H,2-14H2,1H3,(H,27,28).